The molecule has 1 aliphatic heterocycles. The van der Waals surface area contributed by atoms with Gasteiger partial charge >= 0.3 is 6.03 Å². The lowest BCUT2D eigenvalue weighted by Gasteiger charge is -2.23. The fourth-order valence-corrected chi connectivity index (χ4v) is 2.61. The average molecular weight is 255 g/mol. The summed E-state index contributed by atoms with van der Waals surface area (Å²) in [6.07, 6.45) is 6.05. The molecule has 0 aromatic carbocycles. The van der Waals surface area contributed by atoms with Crippen molar-refractivity contribution in [1.82, 2.24) is 16.0 Å². The first-order valence-electron chi connectivity index (χ1n) is 7.17. The van der Waals surface area contributed by atoms with Gasteiger partial charge in [-0.15, -0.1) is 0 Å². The van der Waals surface area contributed by atoms with Gasteiger partial charge in [0.2, 0.25) is 0 Å². The Morgan fingerprint density at radius 1 is 1.28 bits per heavy atom. The molecule has 5 nitrogen and oxygen atoms in total. The van der Waals surface area contributed by atoms with Crippen LogP contribution < -0.4 is 16.0 Å². The third-order valence-corrected chi connectivity index (χ3v) is 3.70. The smallest absolute Gasteiger partial charge is 0.315 e. The Hall–Kier alpha value is -0.810. The van der Waals surface area contributed by atoms with Crippen LogP contribution >= 0.6 is 0 Å². The largest absolute Gasteiger partial charge is 0.380 e. The van der Waals surface area contributed by atoms with Crippen LogP contribution in [0.1, 0.15) is 32.1 Å². The van der Waals surface area contributed by atoms with E-state index in [0.29, 0.717) is 18.5 Å². The summed E-state index contributed by atoms with van der Waals surface area (Å²) < 4.78 is 5.46. The molecular formula is C13H25N3O2. The summed E-state index contributed by atoms with van der Waals surface area (Å²) >= 11 is 0. The van der Waals surface area contributed by atoms with E-state index in [-0.39, 0.29) is 6.03 Å². The number of ether oxygens (including phenoxy) is 1. The molecule has 2 aliphatic rings. The van der Waals surface area contributed by atoms with E-state index in [2.05, 4.69) is 16.0 Å². The van der Waals surface area contributed by atoms with Gasteiger partial charge in [0.1, 0.15) is 0 Å². The van der Waals surface area contributed by atoms with Crippen LogP contribution in [0.3, 0.4) is 0 Å². The summed E-state index contributed by atoms with van der Waals surface area (Å²) in [6.45, 7) is 4.02. The highest BCUT2D eigenvalue weighted by Crippen LogP contribution is 2.17. The second kappa shape index (κ2) is 7.59. The maximum Gasteiger partial charge on any atom is 0.315 e. The van der Waals surface area contributed by atoms with Crippen LogP contribution in [0, 0.1) is 5.92 Å². The van der Waals surface area contributed by atoms with E-state index in [0.717, 1.165) is 39.1 Å². The van der Waals surface area contributed by atoms with E-state index < -0.39 is 0 Å². The Morgan fingerprint density at radius 2 is 2.11 bits per heavy atom. The molecule has 2 fully saturated rings. The van der Waals surface area contributed by atoms with Gasteiger partial charge in [-0.2, -0.15) is 0 Å². The van der Waals surface area contributed by atoms with Crippen molar-refractivity contribution >= 4 is 6.03 Å². The Labute approximate surface area is 109 Å². The molecule has 2 rings (SSSR count). The third kappa shape index (κ3) is 4.82. The van der Waals surface area contributed by atoms with Gasteiger partial charge in [-0.1, -0.05) is 19.3 Å². The predicted molar refractivity (Wildman–Crippen MR) is 70.6 cm³/mol. The maximum absolute atomic E-state index is 11.8. The molecule has 1 heterocycles. The highest BCUT2D eigenvalue weighted by atomic mass is 16.5. The van der Waals surface area contributed by atoms with Crippen LogP contribution in [-0.2, 0) is 4.74 Å². The molecule has 18 heavy (non-hydrogen) atoms. The Morgan fingerprint density at radius 3 is 2.94 bits per heavy atom. The van der Waals surface area contributed by atoms with Crippen LogP contribution in [-0.4, -0.2) is 44.9 Å². The zero-order valence-corrected chi connectivity index (χ0v) is 11.0. The number of hydrogen-bond donors (Lipinski definition) is 3. The van der Waals surface area contributed by atoms with Crippen molar-refractivity contribution in [2.24, 2.45) is 5.92 Å². The number of carbonyl (C=O) groups excluding carboxylic acids is 1. The molecule has 1 saturated heterocycles. The second-order valence-corrected chi connectivity index (χ2v) is 5.33. The number of amides is 2. The van der Waals surface area contributed by atoms with Crippen molar-refractivity contribution in [3.63, 3.8) is 0 Å². The van der Waals surface area contributed by atoms with Gasteiger partial charge in [0.25, 0.3) is 0 Å². The number of nitrogens with one attached hydrogen (secondary N) is 3. The van der Waals surface area contributed by atoms with Crippen molar-refractivity contribution < 1.29 is 9.53 Å². The van der Waals surface area contributed by atoms with Crippen molar-refractivity contribution in [3.05, 3.63) is 0 Å². The fourth-order valence-electron chi connectivity index (χ4n) is 2.61. The summed E-state index contributed by atoms with van der Waals surface area (Å²) in [5, 5.41) is 9.33. The van der Waals surface area contributed by atoms with Crippen molar-refractivity contribution in [1.29, 1.82) is 0 Å². The average Bonchev–Trinajstić information content (AvgIpc) is 2.66. The summed E-state index contributed by atoms with van der Waals surface area (Å²) in [5.41, 5.74) is 0. The lowest BCUT2D eigenvalue weighted by atomic mass is 9.96. The van der Waals surface area contributed by atoms with Crippen molar-refractivity contribution in [3.8, 4) is 0 Å². The Kier molecular flexibility index (Phi) is 5.74. The molecule has 0 aromatic rings. The van der Waals surface area contributed by atoms with Crippen molar-refractivity contribution in [2.45, 2.75) is 38.1 Å². The second-order valence-electron chi connectivity index (χ2n) is 5.33. The van der Waals surface area contributed by atoms with E-state index in [1.165, 1.54) is 19.3 Å². The van der Waals surface area contributed by atoms with Crippen LogP contribution in [0.4, 0.5) is 4.79 Å². The number of rotatable bonds is 3. The minimum absolute atomic E-state index is 0.0221. The number of carbonyl (C=O) groups is 1. The van der Waals surface area contributed by atoms with Gasteiger partial charge in [-0.3, -0.25) is 0 Å². The first-order chi connectivity index (χ1) is 8.84. The van der Waals surface area contributed by atoms with E-state index in [4.69, 9.17) is 4.74 Å². The number of urea groups is 1. The molecule has 0 aromatic heterocycles. The van der Waals surface area contributed by atoms with Crippen LogP contribution in [0.2, 0.25) is 0 Å². The lowest BCUT2D eigenvalue weighted by molar-refractivity contribution is 0.123. The first kappa shape index (κ1) is 13.6. The molecule has 0 radical (unpaired) electrons. The molecule has 0 bridgehead atoms. The molecule has 5 heteroatoms. The van der Waals surface area contributed by atoms with E-state index in [1.54, 1.807) is 0 Å². The Balaban J connectivity index is 1.61. The molecule has 1 atom stereocenters. The summed E-state index contributed by atoms with van der Waals surface area (Å²) in [5.74, 6) is 0.379. The predicted octanol–water partition coefficient (Wildman–Crippen LogP) is 0.854. The zero-order valence-electron chi connectivity index (χ0n) is 11.0. The summed E-state index contributed by atoms with van der Waals surface area (Å²) in [4.78, 5) is 11.8. The van der Waals surface area contributed by atoms with Crippen molar-refractivity contribution in [2.75, 3.05) is 32.8 Å². The monoisotopic (exact) mass is 255 g/mol. The fraction of sp³-hybridized carbons (Fsp3) is 0.923. The summed E-state index contributed by atoms with van der Waals surface area (Å²) in [7, 11) is 0. The minimum Gasteiger partial charge on any atom is -0.380 e. The zero-order chi connectivity index (χ0) is 12.6. The molecular weight excluding hydrogens is 230 g/mol. The molecule has 2 amide bonds. The SMILES string of the molecule is O=C(NC[C@@H]1CNCCOC1)NC1CCCCC1. The van der Waals surface area contributed by atoms with Crippen LogP contribution in [0.25, 0.3) is 0 Å². The molecule has 0 unspecified atom stereocenters. The van der Waals surface area contributed by atoms with Gasteiger partial charge in [0.05, 0.1) is 13.2 Å². The standard InChI is InChI=1S/C13H25N3O2/c17-13(16-12-4-2-1-3-5-12)15-9-11-8-14-6-7-18-10-11/h11-12,14H,1-10H2,(H2,15,16,17)/t11-/m0/s1. The maximum atomic E-state index is 11.8. The summed E-state index contributed by atoms with van der Waals surface area (Å²) in [6, 6.07) is 0.355. The Bertz CT molecular complexity index is 247. The van der Waals surface area contributed by atoms with E-state index in [1.807, 2.05) is 0 Å². The highest BCUT2D eigenvalue weighted by molar-refractivity contribution is 5.74. The molecule has 1 saturated carbocycles. The molecule has 3 N–H and O–H groups in total. The number of hydrogen-bond acceptors (Lipinski definition) is 3. The van der Waals surface area contributed by atoms with Gasteiger partial charge < -0.3 is 20.7 Å². The van der Waals surface area contributed by atoms with Gasteiger partial charge in [0.15, 0.2) is 0 Å². The van der Waals surface area contributed by atoms with Gasteiger partial charge in [0, 0.05) is 31.6 Å². The molecule has 1 aliphatic carbocycles. The topological polar surface area (TPSA) is 62.4 Å². The van der Waals surface area contributed by atoms with Gasteiger partial charge in [-0.25, -0.2) is 4.79 Å². The highest BCUT2D eigenvalue weighted by Gasteiger charge is 2.17. The molecule has 0 spiro atoms. The van der Waals surface area contributed by atoms with E-state index >= 15 is 0 Å². The first-order valence-corrected chi connectivity index (χ1v) is 7.17. The van der Waals surface area contributed by atoms with Gasteiger partial charge in [-0.05, 0) is 12.8 Å². The minimum atomic E-state index is -0.0221. The van der Waals surface area contributed by atoms with Crippen LogP contribution in [0.5, 0.6) is 0 Å². The third-order valence-electron chi connectivity index (χ3n) is 3.70. The molecule has 104 valence electrons. The lowest BCUT2D eigenvalue weighted by Crippen LogP contribution is -2.45. The normalized spacial score (nSPS) is 26.3. The van der Waals surface area contributed by atoms with Crippen LogP contribution in [0.15, 0.2) is 0 Å². The quantitative estimate of drug-likeness (QED) is 0.701. The van der Waals surface area contributed by atoms with E-state index in [9.17, 15) is 4.79 Å².